The lowest BCUT2D eigenvalue weighted by atomic mass is 9.69. The minimum absolute atomic E-state index is 0.0717. The third-order valence-electron chi connectivity index (χ3n) is 6.82. The van der Waals surface area contributed by atoms with Crippen molar-refractivity contribution in [3.8, 4) is 0 Å². The molecule has 0 saturated carbocycles. The van der Waals surface area contributed by atoms with Crippen LogP contribution in [0.2, 0.25) is 0 Å². The van der Waals surface area contributed by atoms with Crippen LogP contribution in [0.4, 0.5) is 0 Å². The van der Waals surface area contributed by atoms with Crippen LogP contribution in [0, 0.1) is 23.7 Å². The molecule has 7 heteroatoms. The number of hydrogen-bond donors (Lipinski definition) is 0. The van der Waals surface area contributed by atoms with Crippen molar-refractivity contribution in [1.82, 2.24) is 4.90 Å². The number of piperidine rings is 1. The average molecular weight is 371 g/mol. The predicted octanol–water partition coefficient (Wildman–Crippen LogP) is 1.50. The lowest BCUT2D eigenvalue weighted by Gasteiger charge is -2.46. The highest BCUT2D eigenvalue weighted by atomic mass is 16.5. The molecule has 0 aliphatic carbocycles. The number of methoxy groups -OCH3 is 1. The van der Waals surface area contributed by atoms with Gasteiger partial charge in [-0.15, -0.1) is 0 Å². The summed E-state index contributed by atoms with van der Waals surface area (Å²) in [6.45, 7) is 3.67. The topological polar surface area (TPSA) is 86.1 Å². The molecule has 4 aliphatic heterocycles. The lowest BCUT2D eigenvalue weighted by molar-refractivity contribution is -0.157. The highest BCUT2D eigenvalue weighted by molar-refractivity contribution is 5.96. The molecule has 0 unspecified atom stereocenters. The first-order valence-corrected chi connectivity index (χ1v) is 9.26. The molecule has 1 spiro atoms. The highest BCUT2D eigenvalue weighted by Crippen LogP contribution is 2.60. The number of amides is 1. The molecule has 4 aliphatic rings. The van der Waals surface area contributed by atoms with E-state index in [9.17, 15) is 14.4 Å². The van der Waals surface area contributed by atoms with Gasteiger partial charge in [-0.1, -0.05) is 26.0 Å². The summed E-state index contributed by atoms with van der Waals surface area (Å²) in [7, 11) is 1.32. The Morgan fingerprint density at radius 3 is 2.70 bits per heavy atom. The van der Waals surface area contributed by atoms with Crippen LogP contribution in [-0.2, 0) is 23.9 Å². The van der Waals surface area contributed by atoms with Gasteiger partial charge in [0.2, 0.25) is 5.91 Å². The SMILES string of the molecule is COC(=O)[C@@H]1[C@H]2C(=O)N3[C@@H](c4ccco4)[C@H](C)C(=O)[C@@H](C)[C@@H]3[C@]23C=C[C@H]1O3. The summed E-state index contributed by atoms with van der Waals surface area (Å²) in [5, 5.41) is 0. The lowest BCUT2D eigenvalue weighted by Crippen LogP contribution is -2.58. The Morgan fingerprint density at radius 2 is 2.04 bits per heavy atom. The summed E-state index contributed by atoms with van der Waals surface area (Å²) >= 11 is 0. The molecule has 1 amide bonds. The second-order valence-corrected chi connectivity index (χ2v) is 7.95. The van der Waals surface area contributed by atoms with Gasteiger partial charge in [0.25, 0.3) is 0 Å². The van der Waals surface area contributed by atoms with E-state index in [2.05, 4.69) is 0 Å². The number of ether oxygens (including phenoxy) is 2. The Hall–Kier alpha value is -2.41. The number of hydrogen-bond acceptors (Lipinski definition) is 6. The molecular formula is C20H21NO6. The van der Waals surface area contributed by atoms with Gasteiger partial charge in [-0.3, -0.25) is 14.4 Å². The average Bonchev–Trinajstić information content (AvgIpc) is 3.42. The minimum Gasteiger partial charge on any atom is -0.469 e. The van der Waals surface area contributed by atoms with Gasteiger partial charge in [-0.25, -0.2) is 0 Å². The molecule has 0 radical (unpaired) electrons. The van der Waals surface area contributed by atoms with Crippen molar-refractivity contribution in [1.29, 1.82) is 0 Å². The molecule has 1 aromatic heterocycles. The van der Waals surface area contributed by atoms with E-state index in [1.165, 1.54) is 7.11 Å². The number of furan rings is 1. The first-order valence-electron chi connectivity index (χ1n) is 9.26. The fraction of sp³-hybridized carbons (Fsp3) is 0.550. The monoisotopic (exact) mass is 371 g/mol. The molecule has 0 N–H and O–H groups in total. The Bertz CT molecular complexity index is 860. The van der Waals surface area contributed by atoms with Gasteiger partial charge >= 0.3 is 5.97 Å². The van der Waals surface area contributed by atoms with Crippen molar-refractivity contribution in [2.75, 3.05) is 7.11 Å². The van der Waals surface area contributed by atoms with Gasteiger partial charge in [-0.2, -0.15) is 0 Å². The second kappa shape index (κ2) is 5.32. The zero-order chi connectivity index (χ0) is 19.1. The molecule has 3 fully saturated rings. The second-order valence-electron chi connectivity index (χ2n) is 7.95. The quantitative estimate of drug-likeness (QED) is 0.578. The number of Topliss-reactive ketones (excluding diaryl/α,β-unsaturated/α-hetero) is 1. The van der Waals surface area contributed by atoms with Crippen LogP contribution < -0.4 is 0 Å². The maximum absolute atomic E-state index is 13.6. The van der Waals surface area contributed by atoms with Crippen LogP contribution in [-0.4, -0.2) is 47.4 Å². The largest absolute Gasteiger partial charge is 0.469 e. The van der Waals surface area contributed by atoms with E-state index in [0.717, 1.165) is 0 Å². The maximum Gasteiger partial charge on any atom is 0.312 e. The normalized spacial score (nSPS) is 44.6. The molecule has 5 rings (SSSR count). The highest BCUT2D eigenvalue weighted by Gasteiger charge is 2.75. The van der Waals surface area contributed by atoms with Crippen LogP contribution in [0.25, 0.3) is 0 Å². The number of rotatable bonds is 2. The van der Waals surface area contributed by atoms with E-state index >= 15 is 0 Å². The Labute approximate surface area is 156 Å². The van der Waals surface area contributed by atoms with Crippen molar-refractivity contribution in [3.05, 3.63) is 36.3 Å². The molecule has 7 nitrogen and oxygen atoms in total. The van der Waals surface area contributed by atoms with Gasteiger partial charge in [0, 0.05) is 11.8 Å². The van der Waals surface area contributed by atoms with E-state index in [-0.39, 0.29) is 11.7 Å². The van der Waals surface area contributed by atoms with E-state index in [4.69, 9.17) is 13.9 Å². The summed E-state index contributed by atoms with van der Waals surface area (Å²) in [5.41, 5.74) is -0.972. The first kappa shape index (κ1) is 16.7. The molecule has 5 heterocycles. The van der Waals surface area contributed by atoms with Gasteiger partial charge in [0.15, 0.2) is 0 Å². The number of esters is 1. The standard InChI is InChI=1S/C20H21NO6/c1-9-15(12-5-4-8-26-12)21-17(10(2)16(9)22)20-7-6-11(27-20)13(19(24)25-3)14(20)18(21)23/h4-11,13-15,17H,1-3H3/t9-,10+,11+,13-,14-,15+,17+,20-/m0/s1. The minimum atomic E-state index is -0.972. The van der Waals surface area contributed by atoms with Gasteiger partial charge in [0.05, 0.1) is 37.5 Å². The number of carbonyl (C=O) groups excluding carboxylic acids is 3. The summed E-state index contributed by atoms with van der Waals surface area (Å²) in [5.74, 6) is -2.15. The fourth-order valence-electron chi connectivity index (χ4n) is 5.77. The van der Waals surface area contributed by atoms with E-state index < -0.39 is 53.4 Å². The van der Waals surface area contributed by atoms with Crippen molar-refractivity contribution >= 4 is 17.7 Å². The molecule has 142 valence electrons. The fourth-order valence-corrected chi connectivity index (χ4v) is 5.77. The smallest absolute Gasteiger partial charge is 0.312 e. The van der Waals surface area contributed by atoms with Crippen molar-refractivity contribution in [2.24, 2.45) is 23.7 Å². The Morgan fingerprint density at radius 1 is 1.26 bits per heavy atom. The summed E-state index contributed by atoms with van der Waals surface area (Å²) in [4.78, 5) is 40.8. The third kappa shape index (κ3) is 1.83. The molecule has 0 aromatic carbocycles. The van der Waals surface area contributed by atoms with Crippen molar-refractivity contribution in [3.63, 3.8) is 0 Å². The van der Waals surface area contributed by atoms with Crippen molar-refractivity contribution in [2.45, 2.75) is 37.6 Å². The molecule has 27 heavy (non-hydrogen) atoms. The van der Waals surface area contributed by atoms with Crippen LogP contribution >= 0.6 is 0 Å². The van der Waals surface area contributed by atoms with Gasteiger partial charge in [-0.05, 0) is 12.1 Å². The van der Waals surface area contributed by atoms with E-state index in [0.29, 0.717) is 5.76 Å². The van der Waals surface area contributed by atoms with Crippen molar-refractivity contribution < 1.29 is 28.3 Å². The molecule has 1 aromatic rings. The molecule has 2 bridgehead atoms. The predicted molar refractivity (Wildman–Crippen MR) is 91.2 cm³/mol. The Balaban J connectivity index is 1.67. The van der Waals surface area contributed by atoms with Crippen LogP contribution in [0.1, 0.15) is 25.6 Å². The molecular weight excluding hydrogens is 350 g/mol. The number of ketones is 1. The van der Waals surface area contributed by atoms with E-state index in [1.807, 2.05) is 26.0 Å². The zero-order valence-corrected chi connectivity index (χ0v) is 15.3. The number of carbonyl (C=O) groups is 3. The number of fused-ring (bicyclic) bond motifs is 2. The van der Waals surface area contributed by atoms with E-state index in [1.54, 1.807) is 23.3 Å². The van der Waals surface area contributed by atoms with Crippen LogP contribution in [0.15, 0.2) is 35.0 Å². The summed E-state index contributed by atoms with van der Waals surface area (Å²) in [6, 6.07) is 2.56. The zero-order valence-electron chi connectivity index (χ0n) is 15.3. The van der Waals surface area contributed by atoms with Crippen LogP contribution in [0.5, 0.6) is 0 Å². The summed E-state index contributed by atoms with van der Waals surface area (Å²) < 4.78 is 16.8. The first-order chi connectivity index (χ1) is 12.9. The third-order valence-corrected chi connectivity index (χ3v) is 6.82. The Kier molecular flexibility index (Phi) is 3.30. The van der Waals surface area contributed by atoms with Gasteiger partial charge in [0.1, 0.15) is 23.1 Å². The molecule has 8 atom stereocenters. The van der Waals surface area contributed by atoms with Gasteiger partial charge < -0.3 is 18.8 Å². The number of nitrogens with zero attached hydrogens (tertiary/aromatic N) is 1. The van der Waals surface area contributed by atoms with Crippen LogP contribution in [0.3, 0.4) is 0 Å². The maximum atomic E-state index is 13.6. The molecule has 3 saturated heterocycles. The summed E-state index contributed by atoms with van der Waals surface area (Å²) in [6.07, 6.45) is 4.76.